The first kappa shape index (κ1) is 13.7. The highest BCUT2D eigenvalue weighted by molar-refractivity contribution is 5.96. The predicted octanol–water partition coefficient (Wildman–Crippen LogP) is 1.40. The summed E-state index contributed by atoms with van der Waals surface area (Å²) >= 11 is 0. The molecule has 0 heterocycles. The summed E-state index contributed by atoms with van der Waals surface area (Å²) in [7, 11) is 4.94. The molecule has 0 unspecified atom stereocenters. The zero-order chi connectivity index (χ0) is 14.0. The first-order chi connectivity index (χ1) is 9.06. The Kier molecular flexibility index (Phi) is 3.95. The van der Waals surface area contributed by atoms with Crippen molar-refractivity contribution < 1.29 is 14.3 Å². The zero-order valence-corrected chi connectivity index (χ0v) is 11.6. The number of carbonyl (C=O) groups excluding carboxylic acids is 1. The van der Waals surface area contributed by atoms with Crippen molar-refractivity contribution in [2.24, 2.45) is 11.7 Å². The largest absolute Gasteiger partial charge is 0.497 e. The Labute approximate surface area is 113 Å². The van der Waals surface area contributed by atoms with Gasteiger partial charge in [-0.3, -0.25) is 4.79 Å². The number of nitrogens with two attached hydrogens (primary N) is 1. The fourth-order valence-corrected chi connectivity index (χ4v) is 2.32. The van der Waals surface area contributed by atoms with Gasteiger partial charge in [-0.2, -0.15) is 0 Å². The van der Waals surface area contributed by atoms with Gasteiger partial charge in [0.25, 0.3) is 0 Å². The second-order valence-corrected chi connectivity index (χ2v) is 4.86. The molecule has 1 aromatic rings. The van der Waals surface area contributed by atoms with Crippen LogP contribution in [-0.4, -0.2) is 33.2 Å². The SMILES string of the molecule is COc1ccc(N(C)C(=O)C2CC(N)C2)c(OC)c1. The average molecular weight is 264 g/mol. The molecule has 1 aliphatic rings. The number of benzene rings is 1. The van der Waals surface area contributed by atoms with Crippen LogP contribution in [0.4, 0.5) is 5.69 Å². The first-order valence-corrected chi connectivity index (χ1v) is 6.32. The van der Waals surface area contributed by atoms with E-state index in [1.165, 1.54) is 0 Å². The number of ether oxygens (including phenoxy) is 2. The molecule has 1 aliphatic carbocycles. The summed E-state index contributed by atoms with van der Waals surface area (Å²) in [6.07, 6.45) is 1.53. The van der Waals surface area contributed by atoms with Gasteiger partial charge < -0.3 is 20.1 Å². The van der Waals surface area contributed by atoms with Crippen LogP contribution in [0.25, 0.3) is 0 Å². The summed E-state index contributed by atoms with van der Waals surface area (Å²) < 4.78 is 10.5. The van der Waals surface area contributed by atoms with Crippen molar-refractivity contribution >= 4 is 11.6 Å². The van der Waals surface area contributed by atoms with Gasteiger partial charge in [-0.25, -0.2) is 0 Å². The minimum atomic E-state index is 0.0341. The third-order valence-corrected chi connectivity index (χ3v) is 3.60. The van der Waals surface area contributed by atoms with E-state index in [-0.39, 0.29) is 17.9 Å². The summed E-state index contributed by atoms with van der Waals surface area (Å²) in [5, 5.41) is 0. The summed E-state index contributed by atoms with van der Waals surface area (Å²) in [4.78, 5) is 13.9. The van der Waals surface area contributed by atoms with Crippen molar-refractivity contribution in [1.82, 2.24) is 0 Å². The average Bonchev–Trinajstić information content (AvgIpc) is 2.41. The van der Waals surface area contributed by atoms with Crippen LogP contribution < -0.4 is 20.1 Å². The molecule has 19 heavy (non-hydrogen) atoms. The molecule has 2 N–H and O–H groups in total. The van der Waals surface area contributed by atoms with Crippen LogP contribution in [0, 0.1) is 5.92 Å². The Morgan fingerprint density at radius 3 is 2.53 bits per heavy atom. The van der Waals surface area contributed by atoms with Crippen LogP contribution in [0.2, 0.25) is 0 Å². The van der Waals surface area contributed by atoms with Crippen molar-refractivity contribution in [2.75, 3.05) is 26.2 Å². The highest BCUT2D eigenvalue weighted by atomic mass is 16.5. The molecule has 104 valence electrons. The minimum absolute atomic E-state index is 0.0341. The zero-order valence-electron chi connectivity index (χ0n) is 11.6. The normalized spacial score (nSPS) is 21.5. The minimum Gasteiger partial charge on any atom is -0.497 e. The fraction of sp³-hybridized carbons (Fsp3) is 0.500. The molecule has 0 saturated heterocycles. The van der Waals surface area contributed by atoms with E-state index in [1.807, 2.05) is 12.1 Å². The van der Waals surface area contributed by atoms with Gasteiger partial charge in [0, 0.05) is 25.1 Å². The van der Waals surface area contributed by atoms with Gasteiger partial charge in [0.2, 0.25) is 5.91 Å². The highest BCUT2D eigenvalue weighted by Crippen LogP contribution is 2.34. The maximum absolute atomic E-state index is 12.3. The Balaban J connectivity index is 2.18. The lowest BCUT2D eigenvalue weighted by molar-refractivity contribution is -0.124. The maximum Gasteiger partial charge on any atom is 0.230 e. The van der Waals surface area contributed by atoms with Gasteiger partial charge in [-0.1, -0.05) is 0 Å². The van der Waals surface area contributed by atoms with E-state index in [2.05, 4.69) is 0 Å². The lowest BCUT2D eigenvalue weighted by Crippen LogP contribution is -2.45. The van der Waals surface area contributed by atoms with Crippen LogP contribution >= 0.6 is 0 Å². The molecule has 0 aromatic heterocycles. The molecule has 0 radical (unpaired) electrons. The summed E-state index contributed by atoms with van der Waals surface area (Å²) in [6.45, 7) is 0. The van der Waals surface area contributed by atoms with Crippen molar-refractivity contribution in [3.8, 4) is 11.5 Å². The van der Waals surface area contributed by atoms with E-state index in [1.54, 1.807) is 32.2 Å². The lowest BCUT2D eigenvalue weighted by Gasteiger charge is -2.34. The molecule has 5 nitrogen and oxygen atoms in total. The quantitative estimate of drug-likeness (QED) is 0.893. The summed E-state index contributed by atoms with van der Waals surface area (Å²) in [5.74, 6) is 1.45. The maximum atomic E-state index is 12.3. The van der Waals surface area contributed by atoms with Gasteiger partial charge in [-0.05, 0) is 25.0 Å². The Hall–Kier alpha value is -1.75. The van der Waals surface area contributed by atoms with Crippen molar-refractivity contribution in [3.63, 3.8) is 0 Å². The molecule has 1 amide bonds. The molecule has 1 aromatic carbocycles. The van der Waals surface area contributed by atoms with E-state index in [0.29, 0.717) is 11.5 Å². The van der Waals surface area contributed by atoms with Crippen LogP contribution in [0.5, 0.6) is 11.5 Å². The number of hydrogen-bond donors (Lipinski definition) is 1. The monoisotopic (exact) mass is 264 g/mol. The van der Waals surface area contributed by atoms with Crippen LogP contribution in [0.3, 0.4) is 0 Å². The molecule has 5 heteroatoms. The highest BCUT2D eigenvalue weighted by Gasteiger charge is 2.34. The second-order valence-electron chi connectivity index (χ2n) is 4.86. The Morgan fingerprint density at radius 1 is 1.32 bits per heavy atom. The number of nitrogens with zero attached hydrogens (tertiary/aromatic N) is 1. The van der Waals surface area contributed by atoms with Gasteiger partial charge in [0.15, 0.2) is 0 Å². The molecular weight excluding hydrogens is 244 g/mol. The fourth-order valence-electron chi connectivity index (χ4n) is 2.32. The van der Waals surface area contributed by atoms with Crippen LogP contribution in [0.1, 0.15) is 12.8 Å². The van der Waals surface area contributed by atoms with Gasteiger partial charge in [0.05, 0.1) is 19.9 Å². The first-order valence-electron chi connectivity index (χ1n) is 6.32. The number of hydrogen-bond acceptors (Lipinski definition) is 4. The smallest absolute Gasteiger partial charge is 0.230 e. The standard InChI is InChI=1S/C14H20N2O3/c1-16(14(17)9-6-10(15)7-9)12-5-4-11(18-2)8-13(12)19-3/h4-5,8-10H,6-7,15H2,1-3H3. The van der Waals surface area contributed by atoms with Crippen molar-refractivity contribution in [3.05, 3.63) is 18.2 Å². The molecule has 0 bridgehead atoms. The molecule has 1 saturated carbocycles. The van der Waals surface area contributed by atoms with E-state index in [9.17, 15) is 4.79 Å². The lowest BCUT2D eigenvalue weighted by atomic mass is 9.80. The number of rotatable bonds is 4. The van der Waals surface area contributed by atoms with E-state index in [4.69, 9.17) is 15.2 Å². The van der Waals surface area contributed by atoms with E-state index in [0.717, 1.165) is 18.5 Å². The summed E-state index contributed by atoms with van der Waals surface area (Å²) in [6, 6.07) is 5.58. The molecule has 0 aliphatic heterocycles. The van der Waals surface area contributed by atoms with Gasteiger partial charge in [0.1, 0.15) is 11.5 Å². The second kappa shape index (κ2) is 5.48. The topological polar surface area (TPSA) is 64.8 Å². The van der Waals surface area contributed by atoms with Crippen molar-refractivity contribution in [2.45, 2.75) is 18.9 Å². The van der Waals surface area contributed by atoms with Crippen LogP contribution in [-0.2, 0) is 4.79 Å². The molecular formula is C14H20N2O3. The number of methoxy groups -OCH3 is 2. The Bertz CT molecular complexity index is 470. The third-order valence-electron chi connectivity index (χ3n) is 3.60. The van der Waals surface area contributed by atoms with Gasteiger partial charge >= 0.3 is 0 Å². The van der Waals surface area contributed by atoms with Crippen LogP contribution in [0.15, 0.2) is 18.2 Å². The Morgan fingerprint density at radius 2 is 2.00 bits per heavy atom. The predicted molar refractivity (Wildman–Crippen MR) is 73.7 cm³/mol. The summed E-state index contributed by atoms with van der Waals surface area (Å²) in [5.41, 5.74) is 6.47. The molecule has 0 atom stereocenters. The third kappa shape index (κ3) is 2.66. The van der Waals surface area contributed by atoms with Crippen molar-refractivity contribution in [1.29, 1.82) is 0 Å². The molecule has 0 spiro atoms. The number of carbonyl (C=O) groups is 1. The van der Waals surface area contributed by atoms with Gasteiger partial charge in [-0.15, -0.1) is 0 Å². The van der Waals surface area contributed by atoms with E-state index < -0.39 is 0 Å². The molecule has 1 fully saturated rings. The number of anilines is 1. The number of amides is 1. The van der Waals surface area contributed by atoms with E-state index >= 15 is 0 Å². The molecule has 2 rings (SSSR count).